The normalized spacial score (nSPS) is 10.5. The van der Waals surface area contributed by atoms with Gasteiger partial charge in [-0.1, -0.05) is 51.9 Å². The SMILES string of the molecule is CCCCCCCCCCNC(=O)CCCO. The molecular weight excluding hydrogens is 214 g/mol. The highest BCUT2D eigenvalue weighted by Gasteiger charge is 1.98. The third kappa shape index (κ3) is 13.4. The second-order valence-electron chi connectivity index (χ2n) is 4.65. The predicted octanol–water partition coefficient (Wildman–Crippen LogP) is 3.02. The van der Waals surface area contributed by atoms with Crippen LogP contribution in [0.15, 0.2) is 0 Å². The largest absolute Gasteiger partial charge is 0.396 e. The number of hydrogen-bond acceptors (Lipinski definition) is 2. The van der Waals surface area contributed by atoms with Crippen molar-refractivity contribution in [2.75, 3.05) is 13.2 Å². The molecular formula is C14H29NO2. The molecule has 3 heteroatoms. The Morgan fingerprint density at radius 2 is 1.53 bits per heavy atom. The maximum absolute atomic E-state index is 11.2. The lowest BCUT2D eigenvalue weighted by Gasteiger charge is -2.04. The first-order valence-corrected chi connectivity index (χ1v) is 7.18. The van der Waals surface area contributed by atoms with Gasteiger partial charge < -0.3 is 10.4 Å². The van der Waals surface area contributed by atoms with E-state index in [9.17, 15) is 4.79 Å². The predicted molar refractivity (Wildman–Crippen MR) is 71.9 cm³/mol. The van der Waals surface area contributed by atoms with Gasteiger partial charge in [0.15, 0.2) is 0 Å². The van der Waals surface area contributed by atoms with Crippen molar-refractivity contribution >= 4 is 5.91 Å². The van der Waals surface area contributed by atoms with Crippen molar-refractivity contribution in [2.45, 2.75) is 71.1 Å². The first-order valence-electron chi connectivity index (χ1n) is 7.18. The molecule has 0 unspecified atom stereocenters. The highest BCUT2D eigenvalue weighted by molar-refractivity contribution is 5.75. The van der Waals surface area contributed by atoms with Crippen molar-refractivity contribution in [1.82, 2.24) is 5.32 Å². The fourth-order valence-electron chi connectivity index (χ4n) is 1.81. The summed E-state index contributed by atoms with van der Waals surface area (Å²) in [5.41, 5.74) is 0. The van der Waals surface area contributed by atoms with E-state index in [1.165, 1.54) is 44.9 Å². The molecule has 0 rings (SSSR count). The van der Waals surface area contributed by atoms with Crippen LogP contribution in [0.5, 0.6) is 0 Å². The van der Waals surface area contributed by atoms with E-state index >= 15 is 0 Å². The molecule has 0 radical (unpaired) electrons. The molecule has 0 spiro atoms. The van der Waals surface area contributed by atoms with E-state index in [-0.39, 0.29) is 12.5 Å². The van der Waals surface area contributed by atoms with E-state index in [1.54, 1.807) is 0 Å². The average Bonchev–Trinajstić information content (AvgIpc) is 2.34. The van der Waals surface area contributed by atoms with Crippen LogP contribution in [0.2, 0.25) is 0 Å². The average molecular weight is 243 g/mol. The molecule has 0 aromatic rings. The van der Waals surface area contributed by atoms with E-state index in [0.29, 0.717) is 12.8 Å². The number of amides is 1. The molecule has 2 N–H and O–H groups in total. The van der Waals surface area contributed by atoms with Gasteiger partial charge >= 0.3 is 0 Å². The van der Waals surface area contributed by atoms with Crippen molar-refractivity contribution in [3.8, 4) is 0 Å². The van der Waals surface area contributed by atoms with Gasteiger partial charge in [-0.05, 0) is 12.8 Å². The van der Waals surface area contributed by atoms with Crippen molar-refractivity contribution in [1.29, 1.82) is 0 Å². The highest BCUT2D eigenvalue weighted by atomic mass is 16.3. The van der Waals surface area contributed by atoms with Gasteiger partial charge in [-0.15, -0.1) is 0 Å². The van der Waals surface area contributed by atoms with Crippen LogP contribution in [0.25, 0.3) is 0 Å². The van der Waals surface area contributed by atoms with Crippen LogP contribution in [0.4, 0.5) is 0 Å². The molecule has 0 saturated carbocycles. The lowest BCUT2D eigenvalue weighted by Crippen LogP contribution is -2.24. The number of carbonyl (C=O) groups excluding carboxylic acids is 1. The first-order chi connectivity index (χ1) is 8.31. The van der Waals surface area contributed by atoms with Gasteiger partial charge in [-0.2, -0.15) is 0 Å². The van der Waals surface area contributed by atoms with Gasteiger partial charge in [-0.25, -0.2) is 0 Å². The fraction of sp³-hybridized carbons (Fsp3) is 0.929. The molecule has 0 atom stereocenters. The van der Waals surface area contributed by atoms with Crippen LogP contribution in [-0.4, -0.2) is 24.2 Å². The lowest BCUT2D eigenvalue weighted by molar-refractivity contribution is -0.121. The Balaban J connectivity index is 3.05. The number of unbranched alkanes of at least 4 members (excludes halogenated alkanes) is 7. The first kappa shape index (κ1) is 16.4. The number of aliphatic hydroxyl groups excluding tert-OH is 1. The van der Waals surface area contributed by atoms with Crippen molar-refractivity contribution in [3.05, 3.63) is 0 Å². The Hall–Kier alpha value is -0.570. The minimum atomic E-state index is 0.0713. The zero-order chi connectivity index (χ0) is 12.8. The second kappa shape index (κ2) is 13.5. The summed E-state index contributed by atoms with van der Waals surface area (Å²) >= 11 is 0. The van der Waals surface area contributed by atoms with Crippen LogP contribution in [0.1, 0.15) is 71.1 Å². The quantitative estimate of drug-likeness (QED) is 0.518. The molecule has 0 fully saturated rings. The van der Waals surface area contributed by atoms with Crippen LogP contribution in [-0.2, 0) is 4.79 Å². The zero-order valence-corrected chi connectivity index (χ0v) is 11.3. The van der Waals surface area contributed by atoms with Gasteiger partial charge in [-0.3, -0.25) is 4.79 Å². The third-order valence-electron chi connectivity index (χ3n) is 2.91. The lowest BCUT2D eigenvalue weighted by atomic mass is 10.1. The van der Waals surface area contributed by atoms with Crippen molar-refractivity contribution < 1.29 is 9.90 Å². The van der Waals surface area contributed by atoms with Crippen molar-refractivity contribution in [3.63, 3.8) is 0 Å². The zero-order valence-electron chi connectivity index (χ0n) is 11.3. The Bertz CT molecular complexity index is 172. The summed E-state index contributed by atoms with van der Waals surface area (Å²) < 4.78 is 0. The molecule has 0 aromatic carbocycles. The molecule has 17 heavy (non-hydrogen) atoms. The Kier molecular flexibility index (Phi) is 13.0. The Morgan fingerprint density at radius 1 is 0.941 bits per heavy atom. The summed E-state index contributed by atoms with van der Waals surface area (Å²) in [7, 11) is 0. The van der Waals surface area contributed by atoms with Crippen molar-refractivity contribution in [2.24, 2.45) is 0 Å². The van der Waals surface area contributed by atoms with Gasteiger partial charge in [0, 0.05) is 19.6 Å². The number of aliphatic hydroxyl groups is 1. The number of hydrogen-bond donors (Lipinski definition) is 2. The van der Waals surface area contributed by atoms with Crippen LogP contribution < -0.4 is 5.32 Å². The van der Waals surface area contributed by atoms with Gasteiger partial charge in [0.05, 0.1) is 0 Å². The molecule has 0 aliphatic rings. The summed E-state index contributed by atoms with van der Waals surface area (Å²) in [5, 5.41) is 11.4. The molecule has 102 valence electrons. The summed E-state index contributed by atoms with van der Waals surface area (Å²) in [6, 6.07) is 0. The Morgan fingerprint density at radius 3 is 2.12 bits per heavy atom. The minimum Gasteiger partial charge on any atom is -0.396 e. The second-order valence-corrected chi connectivity index (χ2v) is 4.65. The molecule has 0 aromatic heterocycles. The third-order valence-corrected chi connectivity index (χ3v) is 2.91. The summed E-state index contributed by atoms with van der Waals surface area (Å²) in [6.07, 6.45) is 11.3. The van der Waals surface area contributed by atoms with Gasteiger partial charge in [0.1, 0.15) is 0 Å². The number of carbonyl (C=O) groups is 1. The van der Waals surface area contributed by atoms with E-state index in [2.05, 4.69) is 12.2 Å². The number of rotatable bonds is 12. The molecule has 0 aliphatic heterocycles. The standard InChI is InChI=1S/C14H29NO2/c1-2-3-4-5-6-7-8-9-12-15-14(17)11-10-13-16/h16H,2-13H2,1H3,(H,15,17). The topological polar surface area (TPSA) is 49.3 Å². The molecule has 3 nitrogen and oxygen atoms in total. The summed E-state index contributed by atoms with van der Waals surface area (Å²) in [6.45, 7) is 3.13. The monoisotopic (exact) mass is 243 g/mol. The maximum atomic E-state index is 11.2. The van der Waals surface area contributed by atoms with Crippen LogP contribution in [0, 0.1) is 0 Å². The van der Waals surface area contributed by atoms with Crippen LogP contribution in [0.3, 0.4) is 0 Å². The smallest absolute Gasteiger partial charge is 0.220 e. The molecule has 1 amide bonds. The van der Waals surface area contributed by atoms with Crippen LogP contribution >= 0.6 is 0 Å². The van der Waals surface area contributed by atoms with Gasteiger partial charge in [0.2, 0.25) is 5.91 Å². The van der Waals surface area contributed by atoms with Gasteiger partial charge in [0.25, 0.3) is 0 Å². The molecule has 0 bridgehead atoms. The highest BCUT2D eigenvalue weighted by Crippen LogP contribution is 2.07. The summed E-state index contributed by atoms with van der Waals surface area (Å²) in [5.74, 6) is 0.0713. The molecule has 0 saturated heterocycles. The number of nitrogens with one attached hydrogen (secondary N) is 1. The summed E-state index contributed by atoms with van der Waals surface area (Å²) in [4.78, 5) is 11.2. The van der Waals surface area contributed by atoms with E-state index in [4.69, 9.17) is 5.11 Å². The molecule has 0 heterocycles. The maximum Gasteiger partial charge on any atom is 0.220 e. The Labute approximate surface area is 106 Å². The van der Waals surface area contributed by atoms with E-state index in [1.807, 2.05) is 0 Å². The van der Waals surface area contributed by atoms with E-state index < -0.39 is 0 Å². The fourth-order valence-corrected chi connectivity index (χ4v) is 1.81. The van der Waals surface area contributed by atoms with E-state index in [0.717, 1.165) is 13.0 Å². The molecule has 0 aliphatic carbocycles. The minimum absolute atomic E-state index is 0.0713.